The molecule has 4 rings (SSSR count). The Bertz CT molecular complexity index is 910. The summed E-state index contributed by atoms with van der Waals surface area (Å²) in [6.07, 6.45) is 2.40. The van der Waals surface area contributed by atoms with Crippen LogP contribution in [0.4, 0.5) is 11.4 Å². The Morgan fingerprint density at radius 1 is 1.12 bits per heavy atom. The van der Waals surface area contributed by atoms with E-state index < -0.39 is 0 Å². The van der Waals surface area contributed by atoms with Crippen LogP contribution in [0.25, 0.3) is 10.9 Å². The lowest BCUT2D eigenvalue weighted by Gasteiger charge is -2.21. The summed E-state index contributed by atoms with van der Waals surface area (Å²) < 4.78 is 5.23. The first-order valence-electron chi connectivity index (χ1n) is 8.57. The Hall–Kier alpha value is -2.95. The minimum absolute atomic E-state index is 0.137. The first-order chi connectivity index (χ1) is 12.2. The lowest BCUT2D eigenvalue weighted by atomic mass is 10.2. The third-order valence-electron chi connectivity index (χ3n) is 4.67. The van der Waals surface area contributed by atoms with E-state index in [2.05, 4.69) is 21.3 Å². The molecule has 1 saturated heterocycles. The van der Waals surface area contributed by atoms with E-state index in [-0.39, 0.29) is 5.91 Å². The van der Waals surface area contributed by atoms with Crippen LogP contribution < -0.4 is 15.0 Å². The highest BCUT2D eigenvalue weighted by Crippen LogP contribution is 2.29. The van der Waals surface area contributed by atoms with E-state index in [1.807, 2.05) is 42.5 Å². The molecular formula is C20H21N3O2. The summed E-state index contributed by atoms with van der Waals surface area (Å²) in [6.45, 7) is 2.08. The van der Waals surface area contributed by atoms with Gasteiger partial charge in [-0.1, -0.05) is 12.1 Å². The molecule has 128 valence electrons. The molecule has 1 amide bonds. The Morgan fingerprint density at radius 3 is 2.72 bits per heavy atom. The zero-order valence-electron chi connectivity index (χ0n) is 14.2. The van der Waals surface area contributed by atoms with Gasteiger partial charge in [-0.15, -0.1) is 0 Å². The summed E-state index contributed by atoms with van der Waals surface area (Å²) in [7, 11) is 1.63. The van der Waals surface area contributed by atoms with Crippen LogP contribution in [-0.4, -0.2) is 31.1 Å². The normalized spacial score (nSPS) is 14.0. The maximum absolute atomic E-state index is 12.7. The minimum Gasteiger partial charge on any atom is -0.497 e. The van der Waals surface area contributed by atoms with Gasteiger partial charge in [0.1, 0.15) is 11.4 Å². The largest absolute Gasteiger partial charge is 0.497 e. The number of methoxy groups -OCH3 is 1. The van der Waals surface area contributed by atoms with Crippen molar-refractivity contribution in [3.8, 4) is 5.75 Å². The standard InChI is InChI=1S/C20H21N3O2/c1-25-15-9-8-14-12-18(21-17(14)13-15)20(24)22-16-6-2-3-7-19(16)23-10-4-5-11-23/h2-3,6-9,12-13,21H,4-5,10-11H2,1H3,(H,22,24). The summed E-state index contributed by atoms with van der Waals surface area (Å²) in [5.41, 5.74) is 3.37. The molecule has 3 aromatic rings. The van der Waals surface area contributed by atoms with Gasteiger partial charge in [0, 0.05) is 30.1 Å². The molecule has 2 N–H and O–H groups in total. The number of fused-ring (bicyclic) bond motifs is 1. The summed E-state index contributed by atoms with van der Waals surface area (Å²) in [5.74, 6) is 0.627. The maximum Gasteiger partial charge on any atom is 0.272 e. The van der Waals surface area contributed by atoms with Crippen molar-refractivity contribution in [2.45, 2.75) is 12.8 Å². The zero-order chi connectivity index (χ0) is 17.2. The first-order valence-corrected chi connectivity index (χ1v) is 8.57. The Labute approximate surface area is 146 Å². The van der Waals surface area contributed by atoms with Gasteiger partial charge in [0.2, 0.25) is 0 Å². The number of benzene rings is 2. The van der Waals surface area contributed by atoms with Crippen LogP contribution in [0.1, 0.15) is 23.3 Å². The van der Waals surface area contributed by atoms with Crippen LogP contribution in [0, 0.1) is 0 Å². The van der Waals surface area contributed by atoms with Gasteiger partial charge in [0.05, 0.1) is 18.5 Å². The number of anilines is 2. The highest BCUT2D eigenvalue weighted by molar-refractivity contribution is 6.07. The summed E-state index contributed by atoms with van der Waals surface area (Å²) in [5, 5.41) is 4.04. The lowest BCUT2D eigenvalue weighted by Crippen LogP contribution is -2.21. The van der Waals surface area contributed by atoms with Crippen molar-refractivity contribution in [3.05, 3.63) is 54.2 Å². The van der Waals surface area contributed by atoms with Crippen LogP contribution in [0.5, 0.6) is 5.75 Å². The molecule has 0 atom stereocenters. The fourth-order valence-electron chi connectivity index (χ4n) is 3.36. The average Bonchev–Trinajstić information content (AvgIpc) is 3.31. The second kappa shape index (κ2) is 6.51. The van der Waals surface area contributed by atoms with Gasteiger partial charge >= 0.3 is 0 Å². The Morgan fingerprint density at radius 2 is 1.92 bits per heavy atom. The summed E-state index contributed by atoms with van der Waals surface area (Å²) in [4.78, 5) is 18.2. The van der Waals surface area contributed by atoms with Crippen LogP contribution in [-0.2, 0) is 0 Å². The highest BCUT2D eigenvalue weighted by atomic mass is 16.5. The van der Waals surface area contributed by atoms with Gasteiger partial charge in [-0.3, -0.25) is 4.79 Å². The van der Waals surface area contributed by atoms with E-state index in [1.54, 1.807) is 7.11 Å². The number of aromatic nitrogens is 1. The van der Waals surface area contributed by atoms with Gasteiger partial charge in [-0.2, -0.15) is 0 Å². The molecule has 0 unspecified atom stereocenters. The summed E-state index contributed by atoms with van der Waals surface area (Å²) in [6, 6.07) is 15.6. The number of amides is 1. The second-order valence-electron chi connectivity index (χ2n) is 6.30. The second-order valence-corrected chi connectivity index (χ2v) is 6.30. The molecule has 1 aromatic heterocycles. The molecule has 25 heavy (non-hydrogen) atoms. The monoisotopic (exact) mass is 335 g/mol. The fraction of sp³-hybridized carbons (Fsp3) is 0.250. The third kappa shape index (κ3) is 3.05. The molecule has 0 radical (unpaired) electrons. The molecule has 1 fully saturated rings. The molecule has 0 aliphatic carbocycles. The van der Waals surface area contributed by atoms with Crippen molar-refractivity contribution in [1.29, 1.82) is 0 Å². The van der Waals surface area contributed by atoms with Crippen molar-refractivity contribution < 1.29 is 9.53 Å². The number of carbonyl (C=O) groups excluding carboxylic acids is 1. The van der Waals surface area contributed by atoms with E-state index >= 15 is 0 Å². The molecular weight excluding hydrogens is 314 g/mol. The first kappa shape index (κ1) is 15.6. The van der Waals surface area contributed by atoms with E-state index in [0.29, 0.717) is 5.69 Å². The van der Waals surface area contributed by atoms with Crippen LogP contribution >= 0.6 is 0 Å². The molecule has 5 nitrogen and oxygen atoms in total. The SMILES string of the molecule is COc1ccc2cc(C(=O)Nc3ccccc3N3CCCC3)[nH]c2c1. The topological polar surface area (TPSA) is 57.4 Å². The van der Waals surface area contributed by atoms with Crippen molar-refractivity contribution in [1.82, 2.24) is 4.98 Å². The smallest absolute Gasteiger partial charge is 0.272 e. The van der Waals surface area contributed by atoms with E-state index in [0.717, 1.165) is 41.1 Å². The minimum atomic E-state index is -0.137. The van der Waals surface area contributed by atoms with Crippen LogP contribution in [0.2, 0.25) is 0 Å². The molecule has 2 aromatic carbocycles. The zero-order valence-corrected chi connectivity index (χ0v) is 14.2. The number of hydrogen-bond donors (Lipinski definition) is 2. The Balaban J connectivity index is 1.60. The highest BCUT2D eigenvalue weighted by Gasteiger charge is 2.17. The van der Waals surface area contributed by atoms with Crippen molar-refractivity contribution in [2.75, 3.05) is 30.4 Å². The lowest BCUT2D eigenvalue weighted by molar-refractivity contribution is 0.102. The van der Waals surface area contributed by atoms with Crippen molar-refractivity contribution >= 4 is 28.2 Å². The predicted molar refractivity (Wildman–Crippen MR) is 101 cm³/mol. The Kier molecular flexibility index (Phi) is 4.06. The predicted octanol–water partition coefficient (Wildman–Crippen LogP) is 4.03. The molecule has 5 heteroatoms. The molecule has 0 saturated carbocycles. The average molecular weight is 335 g/mol. The summed E-state index contributed by atoms with van der Waals surface area (Å²) >= 11 is 0. The fourth-order valence-corrected chi connectivity index (χ4v) is 3.36. The molecule has 1 aliphatic rings. The number of aromatic amines is 1. The molecule has 2 heterocycles. The molecule has 0 spiro atoms. The van der Waals surface area contributed by atoms with Gasteiger partial charge in [0.15, 0.2) is 0 Å². The van der Waals surface area contributed by atoms with E-state index in [9.17, 15) is 4.79 Å². The van der Waals surface area contributed by atoms with Gasteiger partial charge in [0.25, 0.3) is 5.91 Å². The maximum atomic E-state index is 12.7. The van der Waals surface area contributed by atoms with Crippen molar-refractivity contribution in [2.24, 2.45) is 0 Å². The number of nitrogens with zero attached hydrogens (tertiary/aromatic N) is 1. The number of rotatable bonds is 4. The van der Waals surface area contributed by atoms with E-state index in [1.165, 1.54) is 12.8 Å². The number of carbonyl (C=O) groups is 1. The third-order valence-corrected chi connectivity index (χ3v) is 4.67. The van der Waals surface area contributed by atoms with Crippen molar-refractivity contribution in [3.63, 3.8) is 0 Å². The number of para-hydroxylation sites is 2. The van der Waals surface area contributed by atoms with Gasteiger partial charge in [-0.25, -0.2) is 0 Å². The van der Waals surface area contributed by atoms with E-state index in [4.69, 9.17) is 4.74 Å². The number of ether oxygens (including phenoxy) is 1. The number of H-pyrrole nitrogens is 1. The van der Waals surface area contributed by atoms with Crippen LogP contribution in [0.3, 0.4) is 0 Å². The molecule has 1 aliphatic heterocycles. The number of hydrogen-bond acceptors (Lipinski definition) is 3. The van der Waals surface area contributed by atoms with Gasteiger partial charge in [-0.05, 0) is 43.2 Å². The van der Waals surface area contributed by atoms with Crippen LogP contribution in [0.15, 0.2) is 48.5 Å². The quantitative estimate of drug-likeness (QED) is 0.757. The number of nitrogens with one attached hydrogen (secondary N) is 2. The molecule has 0 bridgehead atoms. The van der Waals surface area contributed by atoms with Gasteiger partial charge < -0.3 is 19.9 Å².